The maximum atomic E-state index is 12.9. The largest absolute Gasteiger partial charge is 0.348 e. The fourth-order valence-corrected chi connectivity index (χ4v) is 3.14. The van der Waals surface area contributed by atoms with Crippen molar-refractivity contribution in [1.82, 2.24) is 9.99 Å². The Morgan fingerprint density at radius 2 is 1.70 bits per heavy atom. The third-order valence-electron chi connectivity index (χ3n) is 4.17. The third-order valence-corrected chi connectivity index (χ3v) is 4.64. The molecule has 0 saturated heterocycles. The van der Waals surface area contributed by atoms with Crippen molar-refractivity contribution in [2.45, 2.75) is 13.8 Å². The summed E-state index contributed by atoms with van der Waals surface area (Å²) in [7, 11) is 0. The maximum Gasteiger partial charge on any atom is 0.328 e. The zero-order chi connectivity index (χ0) is 21.8. The molecule has 0 atom stereocenters. The van der Waals surface area contributed by atoms with Gasteiger partial charge in [0.05, 0.1) is 5.52 Å². The zero-order valence-electron chi connectivity index (χ0n) is 16.3. The molecule has 3 amide bonds. The molecule has 0 aliphatic rings. The van der Waals surface area contributed by atoms with Gasteiger partial charge in [0.2, 0.25) is 0 Å². The van der Waals surface area contributed by atoms with E-state index < -0.39 is 17.7 Å². The van der Waals surface area contributed by atoms with E-state index in [9.17, 15) is 14.4 Å². The summed E-state index contributed by atoms with van der Waals surface area (Å²) in [4.78, 5) is 37.4. The molecule has 0 fully saturated rings. The second kappa shape index (κ2) is 9.19. The summed E-state index contributed by atoms with van der Waals surface area (Å²) in [6.07, 6.45) is 0. The van der Waals surface area contributed by atoms with E-state index in [1.165, 1.54) is 4.68 Å². The number of halogens is 2. The van der Waals surface area contributed by atoms with Gasteiger partial charge in [0.15, 0.2) is 0 Å². The van der Waals surface area contributed by atoms with Gasteiger partial charge in [0.25, 0.3) is 5.91 Å². The Kier molecular flexibility index (Phi) is 6.64. The fraction of sp³-hybridized carbons (Fsp3) is 0.190. The molecule has 0 saturated carbocycles. The van der Waals surface area contributed by atoms with Crippen LogP contribution >= 0.6 is 23.2 Å². The molecule has 7 nitrogen and oxygen atoms in total. The van der Waals surface area contributed by atoms with Crippen molar-refractivity contribution >= 4 is 57.5 Å². The number of carbonyl (C=O) groups is 3. The molecule has 9 heteroatoms. The number of hydrogen-bond acceptors (Lipinski definition) is 3. The number of rotatable bonds is 5. The first-order chi connectivity index (χ1) is 14.2. The van der Waals surface area contributed by atoms with E-state index in [4.69, 9.17) is 23.2 Å². The molecule has 1 aromatic heterocycles. The van der Waals surface area contributed by atoms with Crippen molar-refractivity contribution in [1.29, 1.82) is 0 Å². The van der Waals surface area contributed by atoms with E-state index in [-0.39, 0.29) is 11.6 Å². The molecule has 1 heterocycles. The summed E-state index contributed by atoms with van der Waals surface area (Å²) in [5.41, 5.74) is 3.62. The lowest BCUT2D eigenvalue weighted by molar-refractivity contribution is -0.136. The van der Waals surface area contributed by atoms with E-state index in [1.54, 1.807) is 48.5 Å². The maximum absolute atomic E-state index is 12.9. The lowest BCUT2D eigenvalue weighted by Crippen LogP contribution is -2.41. The first-order valence-electron chi connectivity index (χ1n) is 9.21. The second-order valence-electron chi connectivity index (χ2n) is 7.08. The Morgan fingerprint density at radius 3 is 2.40 bits per heavy atom. The monoisotopic (exact) mass is 446 g/mol. The van der Waals surface area contributed by atoms with Crippen molar-refractivity contribution in [2.24, 2.45) is 5.92 Å². The Balaban J connectivity index is 1.92. The van der Waals surface area contributed by atoms with Crippen molar-refractivity contribution < 1.29 is 14.4 Å². The van der Waals surface area contributed by atoms with Gasteiger partial charge in [-0.3, -0.25) is 19.8 Å². The summed E-state index contributed by atoms with van der Waals surface area (Å²) >= 11 is 12.0. The number of nitrogens with zero attached hydrogens (tertiary/aromatic N) is 1. The van der Waals surface area contributed by atoms with Gasteiger partial charge < -0.3 is 10.6 Å². The van der Waals surface area contributed by atoms with E-state index in [0.29, 0.717) is 33.2 Å². The molecule has 0 bridgehead atoms. The quantitative estimate of drug-likeness (QED) is 0.516. The standard InChI is InChI=1S/C21H20Cl2N4O3/c1-12(2)11-24-20(29)21(30)26-27-17-7-6-15(23)8-13(17)9-18(27)19(28)25-16-5-3-4-14(22)10-16/h3-10,12H,11H2,1-2H3,(H,24,29)(H,25,28)(H,26,30). The lowest BCUT2D eigenvalue weighted by atomic mass is 10.2. The van der Waals surface area contributed by atoms with Crippen LogP contribution in [0.4, 0.5) is 5.69 Å². The minimum Gasteiger partial charge on any atom is -0.348 e. The van der Waals surface area contributed by atoms with Gasteiger partial charge in [-0.25, -0.2) is 4.68 Å². The van der Waals surface area contributed by atoms with E-state index >= 15 is 0 Å². The van der Waals surface area contributed by atoms with Crippen molar-refractivity contribution in [3.05, 3.63) is 64.3 Å². The van der Waals surface area contributed by atoms with E-state index in [0.717, 1.165) is 0 Å². The molecule has 0 unspecified atom stereocenters. The second-order valence-corrected chi connectivity index (χ2v) is 7.95. The molecular weight excluding hydrogens is 427 g/mol. The summed E-state index contributed by atoms with van der Waals surface area (Å²) < 4.78 is 1.27. The predicted molar refractivity (Wildman–Crippen MR) is 119 cm³/mol. The van der Waals surface area contributed by atoms with Crippen LogP contribution in [0.2, 0.25) is 10.0 Å². The first kappa shape index (κ1) is 21.7. The van der Waals surface area contributed by atoms with Gasteiger partial charge in [0, 0.05) is 27.7 Å². The Bertz CT molecular complexity index is 1120. The number of anilines is 1. The van der Waals surface area contributed by atoms with Gasteiger partial charge in [-0.15, -0.1) is 0 Å². The molecule has 3 N–H and O–H groups in total. The molecule has 30 heavy (non-hydrogen) atoms. The van der Waals surface area contributed by atoms with Crippen LogP contribution in [0.1, 0.15) is 24.3 Å². The van der Waals surface area contributed by atoms with Gasteiger partial charge >= 0.3 is 11.8 Å². The van der Waals surface area contributed by atoms with Crippen LogP contribution in [-0.4, -0.2) is 28.9 Å². The van der Waals surface area contributed by atoms with Crippen molar-refractivity contribution in [3.63, 3.8) is 0 Å². The van der Waals surface area contributed by atoms with Crippen LogP contribution < -0.4 is 16.1 Å². The predicted octanol–water partition coefficient (Wildman–Crippen LogP) is 4.04. The first-order valence-corrected chi connectivity index (χ1v) is 9.97. The summed E-state index contributed by atoms with van der Waals surface area (Å²) in [5, 5.41) is 6.84. The molecular formula is C21H20Cl2N4O3. The van der Waals surface area contributed by atoms with E-state index in [1.807, 2.05) is 13.8 Å². The van der Waals surface area contributed by atoms with Crippen molar-refractivity contribution in [3.8, 4) is 0 Å². The third kappa shape index (κ3) is 5.11. The van der Waals surface area contributed by atoms with Crippen LogP contribution in [0.5, 0.6) is 0 Å². The number of amides is 3. The van der Waals surface area contributed by atoms with Crippen LogP contribution in [0.25, 0.3) is 10.9 Å². The summed E-state index contributed by atoms with van der Waals surface area (Å²) in [5.74, 6) is -1.98. The van der Waals surface area contributed by atoms with Crippen LogP contribution in [0.15, 0.2) is 48.5 Å². The number of aromatic nitrogens is 1. The van der Waals surface area contributed by atoms with Crippen LogP contribution in [0, 0.1) is 5.92 Å². The minimum absolute atomic E-state index is 0.122. The van der Waals surface area contributed by atoms with Gasteiger partial charge in [-0.2, -0.15) is 0 Å². The highest BCUT2D eigenvalue weighted by atomic mass is 35.5. The highest BCUT2D eigenvalue weighted by Gasteiger charge is 2.21. The van der Waals surface area contributed by atoms with Gasteiger partial charge in [-0.1, -0.05) is 43.1 Å². The molecule has 0 aliphatic carbocycles. The molecule has 0 radical (unpaired) electrons. The highest BCUT2D eigenvalue weighted by Crippen LogP contribution is 2.24. The summed E-state index contributed by atoms with van der Waals surface area (Å²) in [6.45, 7) is 4.19. The average Bonchev–Trinajstić information content (AvgIpc) is 3.03. The molecule has 0 aliphatic heterocycles. The minimum atomic E-state index is -0.889. The topological polar surface area (TPSA) is 92.2 Å². The van der Waals surface area contributed by atoms with Crippen LogP contribution in [-0.2, 0) is 9.59 Å². The number of carbonyl (C=O) groups excluding carboxylic acids is 3. The molecule has 3 aromatic rings. The molecule has 2 aromatic carbocycles. The van der Waals surface area contributed by atoms with Crippen LogP contribution in [0.3, 0.4) is 0 Å². The molecule has 3 rings (SSSR count). The normalized spacial score (nSPS) is 10.8. The van der Waals surface area contributed by atoms with Gasteiger partial charge in [0.1, 0.15) is 5.69 Å². The number of fused-ring (bicyclic) bond motifs is 1. The fourth-order valence-electron chi connectivity index (χ4n) is 2.76. The lowest BCUT2D eigenvalue weighted by Gasteiger charge is -2.13. The van der Waals surface area contributed by atoms with Gasteiger partial charge in [-0.05, 0) is 48.4 Å². The average molecular weight is 447 g/mol. The SMILES string of the molecule is CC(C)CNC(=O)C(=O)Nn1c(C(=O)Nc2cccc(Cl)c2)cc2cc(Cl)ccc21. The molecule has 0 spiro atoms. The summed E-state index contributed by atoms with van der Waals surface area (Å²) in [6, 6.07) is 13.2. The zero-order valence-corrected chi connectivity index (χ0v) is 17.8. The smallest absolute Gasteiger partial charge is 0.328 e. The number of hydrogen-bond donors (Lipinski definition) is 3. The Morgan fingerprint density at radius 1 is 0.967 bits per heavy atom. The molecule has 156 valence electrons. The van der Waals surface area contributed by atoms with E-state index in [2.05, 4.69) is 16.1 Å². The number of nitrogens with one attached hydrogen (secondary N) is 3. The highest BCUT2D eigenvalue weighted by molar-refractivity contribution is 6.38. The number of benzene rings is 2. The Hall–Kier alpha value is -3.03. The Labute approximate surface area is 183 Å². The van der Waals surface area contributed by atoms with Crippen molar-refractivity contribution in [2.75, 3.05) is 17.3 Å².